The Kier molecular flexibility index (Phi) is 11.1. The zero-order valence-electron chi connectivity index (χ0n) is 24.8. The number of benzene rings is 4. The summed E-state index contributed by atoms with van der Waals surface area (Å²) in [6.07, 6.45) is 0.216. The van der Waals surface area contributed by atoms with Gasteiger partial charge in [0.15, 0.2) is 0 Å². The molecule has 4 rings (SSSR count). The highest BCUT2D eigenvalue weighted by atomic mass is 35.5. The normalized spacial score (nSPS) is 12.0. The Bertz CT molecular complexity index is 1700. The first kappa shape index (κ1) is 33.1. The molecule has 10 heteroatoms. The van der Waals surface area contributed by atoms with Crippen LogP contribution in [0.3, 0.4) is 0 Å². The van der Waals surface area contributed by atoms with Crippen LogP contribution < -0.4 is 9.62 Å². The van der Waals surface area contributed by atoms with Crippen LogP contribution in [-0.2, 0) is 32.6 Å². The predicted molar refractivity (Wildman–Crippen MR) is 176 cm³/mol. The topological polar surface area (TPSA) is 86.8 Å². The van der Waals surface area contributed by atoms with Crippen LogP contribution in [0.25, 0.3) is 0 Å². The van der Waals surface area contributed by atoms with E-state index in [2.05, 4.69) is 5.32 Å². The molecule has 230 valence electrons. The van der Waals surface area contributed by atoms with Gasteiger partial charge in [-0.1, -0.05) is 89.9 Å². The minimum Gasteiger partial charge on any atom is -0.352 e. The zero-order chi connectivity index (χ0) is 31.9. The SMILES string of the molecule is Cc1ccc(Cl)cc1N(CC(=O)N(Cc1cccc(Cl)c1)[C@@H](Cc1ccccc1)C(=O)NC(C)C)S(=O)(=O)c1ccccc1. The molecule has 0 heterocycles. The molecule has 0 saturated heterocycles. The second kappa shape index (κ2) is 14.8. The lowest BCUT2D eigenvalue weighted by molar-refractivity contribution is -0.140. The quantitative estimate of drug-likeness (QED) is 0.186. The van der Waals surface area contributed by atoms with Crippen molar-refractivity contribution in [1.29, 1.82) is 0 Å². The summed E-state index contributed by atoms with van der Waals surface area (Å²) in [5, 5.41) is 3.74. The summed E-state index contributed by atoms with van der Waals surface area (Å²) in [6.45, 7) is 4.89. The van der Waals surface area contributed by atoms with Crippen LogP contribution in [0.15, 0.2) is 108 Å². The monoisotopic (exact) mass is 651 g/mol. The Morgan fingerprint density at radius 1 is 0.795 bits per heavy atom. The van der Waals surface area contributed by atoms with Crippen molar-refractivity contribution in [2.75, 3.05) is 10.8 Å². The molecule has 0 aliphatic heterocycles. The van der Waals surface area contributed by atoms with Gasteiger partial charge in [-0.2, -0.15) is 0 Å². The molecule has 4 aromatic carbocycles. The van der Waals surface area contributed by atoms with Crippen molar-refractivity contribution in [1.82, 2.24) is 10.2 Å². The molecule has 0 saturated carbocycles. The molecule has 44 heavy (non-hydrogen) atoms. The largest absolute Gasteiger partial charge is 0.352 e. The van der Waals surface area contributed by atoms with Gasteiger partial charge < -0.3 is 10.2 Å². The van der Waals surface area contributed by atoms with Gasteiger partial charge in [-0.05, 0) is 73.9 Å². The number of hydrogen-bond acceptors (Lipinski definition) is 4. The van der Waals surface area contributed by atoms with E-state index in [9.17, 15) is 18.0 Å². The minimum atomic E-state index is -4.22. The number of nitrogens with zero attached hydrogens (tertiary/aromatic N) is 2. The molecule has 0 aliphatic carbocycles. The number of carbonyl (C=O) groups excluding carboxylic acids is 2. The highest BCUT2D eigenvalue weighted by Crippen LogP contribution is 2.30. The highest BCUT2D eigenvalue weighted by molar-refractivity contribution is 7.92. The van der Waals surface area contributed by atoms with Gasteiger partial charge >= 0.3 is 0 Å². The van der Waals surface area contributed by atoms with Crippen LogP contribution in [0, 0.1) is 6.92 Å². The minimum absolute atomic E-state index is 0.0203. The summed E-state index contributed by atoms with van der Waals surface area (Å²) >= 11 is 12.6. The Morgan fingerprint density at radius 3 is 2.05 bits per heavy atom. The fourth-order valence-electron chi connectivity index (χ4n) is 4.85. The van der Waals surface area contributed by atoms with E-state index in [-0.39, 0.29) is 35.5 Å². The Labute approximate surface area is 269 Å². The Hall–Kier alpha value is -3.85. The summed E-state index contributed by atoms with van der Waals surface area (Å²) in [4.78, 5) is 29.7. The molecule has 0 aliphatic rings. The van der Waals surface area contributed by atoms with E-state index < -0.39 is 28.5 Å². The molecular formula is C34H35Cl2N3O4S. The average Bonchev–Trinajstić information content (AvgIpc) is 2.99. The third-order valence-corrected chi connectivity index (χ3v) is 9.24. The van der Waals surface area contributed by atoms with Gasteiger partial charge in [-0.3, -0.25) is 13.9 Å². The van der Waals surface area contributed by atoms with Crippen molar-refractivity contribution in [3.63, 3.8) is 0 Å². The van der Waals surface area contributed by atoms with Crippen LogP contribution in [0.4, 0.5) is 5.69 Å². The fraction of sp³-hybridized carbons (Fsp3) is 0.235. The molecule has 4 aromatic rings. The number of aryl methyl sites for hydroxylation is 1. The number of anilines is 1. The second-order valence-electron chi connectivity index (χ2n) is 10.8. The van der Waals surface area contributed by atoms with E-state index in [4.69, 9.17) is 23.2 Å². The van der Waals surface area contributed by atoms with Crippen molar-refractivity contribution in [3.05, 3.63) is 130 Å². The van der Waals surface area contributed by atoms with Crippen LogP contribution >= 0.6 is 23.2 Å². The summed E-state index contributed by atoms with van der Waals surface area (Å²) in [5.41, 5.74) is 2.42. The van der Waals surface area contributed by atoms with Gasteiger partial charge in [0.1, 0.15) is 12.6 Å². The molecular weight excluding hydrogens is 617 g/mol. The lowest BCUT2D eigenvalue weighted by atomic mass is 10.0. The van der Waals surface area contributed by atoms with Gasteiger partial charge in [0.2, 0.25) is 11.8 Å². The lowest BCUT2D eigenvalue weighted by Crippen LogP contribution is -2.54. The van der Waals surface area contributed by atoms with Gasteiger partial charge in [0.25, 0.3) is 10.0 Å². The third-order valence-electron chi connectivity index (χ3n) is 6.99. The van der Waals surface area contributed by atoms with E-state index in [0.717, 1.165) is 9.87 Å². The van der Waals surface area contributed by atoms with Gasteiger partial charge in [-0.25, -0.2) is 8.42 Å². The molecule has 0 unspecified atom stereocenters. The Balaban J connectivity index is 1.83. The number of hydrogen-bond donors (Lipinski definition) is 1. The first-order chi connectivity index (χ1) is 21.0. The van der Waals surface area contributed by atoms with E-state index in [1.54, 1.807) is 55.5 Å². The molecule has 0 fully saturated rings. The van der Waals surface area contributed by atoms with Crippen LogP contribution in [-0.4, -0.2) is 43.8 Å². The first-order valence-corrected chi connectivity index (χ1v) is 16.4. The summed E-state index contributed by atoms with van der Waals surface area (Å²) < 4.78 is 29.3. The van der Waals surface area contributed by atoms with Crippen molar-refractivity contribution in [2.24, 2.45) is 0 Å². The standard InChI is InChI=1S/C34H35Cl2N3O4S/c1-24(2)37-34(41)32(20-26-11-6-4-7-12-26)38(22-27-13-10-14-28(35)19-27)33(40)23-39(31-21-29(36)18-17-25(31)3)44(42,43)30-15-8-5-9-16-30/h4-19,21,24,32H,20,22-23H2,1-3H3,(H,37,41)/t32-/m0/s1. The van der Waals surface area contributed by atoms with Gasteiger partial charge in [0, 0.05) is 29.1 Å². The molecule has 0 radical (unpaired) electrons. The number of carbonyl (C=O) groups is 2. The predicted octanol–water partition coefficient (Wildman–Crippen LogP) is 6.66. The molecule has 7 nitrogen and oxygen atoms in total. The molecule has 0 aromatic heterocycles. The second-order valence-corrected chi connectivity index (χ2v) is 13.5. The van der Waals surface area contributed by atoms with E-state index >= 15 is 0 Å². The summed E-state index contributed by atoms with van der Waals surface area (Å²) in [6, 6.07) is 28.1. The van der Waals surface area contributed by atoms with Crippen molar-refractivity contribution < 1.29 is 18.0 Å². The van der Waals surface area contributed by atoms with Crippen LogP contribution in [0.2, 0.25) is 10.0 Å². The average molecular weight is 653 g/mol. The molecule has 1 N–H and O–H groups in total. The number of nitrogens with one attached hydrogen (secondary N) is 1. The van der Waals surface area contributed by atoms with E-state index in [0.29, 0.717) is 21.2 Å². The molecule has 0 bridgehead atoms. The molecule has 2 amide bonds. The van der Waals surface area contributed by atoms with E-state index in [1.165, 1.54) is 23.1 Å². The molecule has 0 spiro atoms. The number of halogens is 2. The summed E-state index contributed by atoms with van der Waals surface area (Å²) in [5.74, 6) is -0.917. The highest BCUT2D eigenvalue weighted by Gasteiger charge is 2.35. The smallest absolute Gasteiger partial charge is 0.264 e. The van der Waals surface area contributed by atoms with Crippen molar-refractivity contribution in [2.45, 2.75) is 50.7 Å². The van der Waals surface area contributed by atoms with Crippen LogP contribution in [0.1, 0.15) is 30.5 Å². The zero-order valence-corrected chi connectivity index (χ0v) is 27.1. The van der Waals surface area contributed by atoms with Crippen LogP contribution in [0.5, 0.6) is 0 Å². The van der Waals surface area contributed by atoms with Crippen molar-refractivity contribution in [3.8, 4) is 0 Å². The number of sulfonamides is 1. The fourth-order valence-corrected chi connectivity index (χ4v) is 6.72. The number of amides is 2. The number of rotatable bonds is 12. The maximum atomic E-state index is 14.5. The summed E-state index contributed by atoms with van der Waals surface area (Å²) in [7, 11) is -4.22. The molecule has 1 atom stereocenters. The van der Waals surface area contributed by atoms with E-state index in [1.807, 2.05) is 50.2 Å². The van der Waals surface area contributed by atoms with Crippen molar-refractivity contribution >= 4 is 50.7 Å². The van der Waals surface area contributed by atoms with Gasteiger partial charge in [0.05, 0.1) is 10.6 Å². The first-order valence-electron chi connectivity index (χ1n) is 14.2. The lowest BCUT2D eigenvalue weighted by Gasteiger charge is -2.34. The third kappa shape index (κ3) is 8.40. The maximum absolute atomic E-state index is 14.5. The van der Waals surface area contributed by atoms with Gasteiger partial charge in [-0.15, -0.1) is 0 Å². The Morgan fingerprint density at radius 2 is 1.41 bits per heavy atom. The maximum Gasteiger partial charge on any atom is 0.264 e.